The Balaban J connectivity index is 1.54. The van der Waals surface area contributed by atoms with Crippen LogP contribution in [0.3, 0.4) is 0 Å². The number of nitrogens with one attached hydrogen (secondary N) is 1. The van der Waals surface area contributed by atoms with Crippen LogP contribution in [0.1, 0.15) is 44.9 Å². The standard InChI is InChI=1S/C18H27NO3/c1-21-16-9-11-17(12-10-16)22-13-5-8-18(20)19-14-15-6-3-2-4-7-15/h9-12,15H,2-8,13-14H2,1H3,(H,19,20). The third-order valence-electron chi connectivity index (χ3n) is 4.19. The van der Waals surface area contributed by atoms with Crippen LogP contribution < -0.4 is 14.8 Å². The molecule has 1 aliphatic rings. The number of carbonyl (C=O) groups excluding carboxylic acids is 1. The third kappa shape index (κ3) is 5.96. The maximum absolute atomic E-state index is 11.8. The molecule has 1 fully saturated rings. The van der Waals surface area contributed by atoms with Crippen molar-refractivity contribution in [2.75, 3.05) is 20.3 Å². The fourth-order valence-corrected chi connectivity index (χ4v) is 2.83. The molecular formula is C18H27NO3. The van der Waals surface area contributed by atoms with Crippen LogP contribution in [0.4, 0.5) is 0 Å². The van der Waals surface area contributed by atoms with Gasteiger partial charge < -0.3 is 14.8 Å². The van der Waals surface area contributed by atoms with Gasteiger partial charge in [0.05, 0.1) is 13.7 Å². The van der Waals surface area contributed by atoms with Crippen LogP contribution in [-0.2, 0) is 4.79 Å². The van der Waals surface area contributed by atoms with E-state index >= 15 is 0 Å². The summed E-state index contributed by atoms with van der Waals surface area (Å²) >= 11 is 0. The fourth-order valence-electron chi connectivity index (χ4n) is 2.83. The van der Waals surface area contributed by atoms with Crippen LogP contribution in [0.5, 0.6) is 11.5 Å². The van der Waals surface area contributed by atoms with Crippen molar-refractivity contribution in [3.8, 4) is 11.5 Å². The van der Waals surface area contributed by atoms with Crippen molar-refractivity contribution in [2.24, 2.45) is 5.92 Å². The van der Waals surface area contributed by atoms with Gasteiger partial charge in [0.25, 0.3) is 0 Å². The zero-order valence-electron chi connectivity index (χ0n) is 13.5. The molecule has 0 unspecified atom stereocenters. The summed E-state index contributed by atoms with van der Waals surface area (Å²) in [5, 5.41) is 3.06. The molecule has 2 rings (SSSR count). The molecule has 1 saturated carbocycles. The summed E-state index contributed by atoms with van der Waals surface area (Å²) in [6.07, 6.45) is 7.78. The summed E-state index contributed by atoms with van der Waals surface area (Å²) < 4.78 is 10.7. The SMILES string of the molecule is COc1ccc(OCCCC(=O)NCC2CCCCC2)cc1. The number of hydrogen-bond acceptors (Lipinski definition) is 3. The Morgan fingerprint density at radius 3 is 2.50 bits per heavy atom. The van der Waals surface area contributed by atoms with E-state index in [9.17, 15) is 4.79 Å². The van der Waals surface area contributed by atoms with Gasteiger partial charge in [-0.05, 0) is 49.4 Å². The molecule has 0 aromatic heterocycles. The third-order valence-corrected chi connectivity index (χ3v) is 4.19. The molecule has 0 bridgehead atoms. The van der Waals surface area contributed by atoms with E-state index in [1.165, 1.54) is 32.1 Å². The van der Waals surface area contributed by atoms with Crippen molar-refractivity contribution in [1.29, 1.82) is 0 Å². The first-order valence-electron chi connectivity index (χ1n) is 8.31. The molecule has 0 atom stereocenters. The highest BCUT2D eigenvalue weighted by molar-refractivity contribution is 5.75. The normalized spacial score (nSPS) is 15.3. The zero-order valence-corrected chi connectivity index (χ0v) is 13.5. The first kappa shape index (κ1) is 16.7. The number of rotatable bonds is 8. The molecule has 4 nitrogen and oxygen atoms in total. The monoisotopic (exact) mass is 305 g/mol. The lowest BCUT2D eigenvalue weighted by Crippen LogP contribution is -2.30. The van der Waals surface area contributed by atoms with E-state index in [0.29, 0.717) is 18.9 Å². The number of hydrogen-bond donors (Lipinski definition) is 1. The van der Waals surface area contributed by atoms with Gasteiger partial charge in [-0.25, -0.2) is 0 Å². The van der Waals surface area contributed by atoms with Crippen LogP contribution in [0.15, 0.2) is 24.3 Å². The topological polar surface area (TPSA) is 47.6 Å². The lowest BCUT2D eigenvalue weighted by molar-refractivity contribution is -0.121. The molecule has 22 heavy (non-hydrogen) atoms. The van der Waals surface area contributed by atoms with Crippen molar-refractivity contribution in [3.63, 3.8) is 0 Å². The average Bonchev–Trinajstić information content (AvgIpc) is 2.58. The van der Waals surface area contributed by atoms with Crippen molar-refractivity contribution in [1.82, 2.24) is 5.32 Å². The summed E-state index contributed by atoms with van der Waals surface area (Å²) in [6.45, 7) is 1.40. The minimum atomic E-state index is 0.143. The van der Waals surface area contributed by atoms with Gasteiger partial charge in [-0.2, -0.15) is 0 Å². The number of ether oxygens (including phenoxy) is 2. The molecule has 122 valence electrons. The van der Waals surface area contributed by atoms with Gasteiger partial charge >= 0.3 is 0 Å². The Morgan fingerprint density at radius 1 is 1.14 bits per heavy atom. The highest BCUT2D eigenvalue weighted by Crippen LogP contribution is 2.22. The predicted molar refractivity (Wildman–Crippen MR) is 87.3 cm³/mol. The van der Waals surface area contributed by atoms with Gasteiger partial charge in [0.1, 0.15) is 11.5 Å². The van der Waals surface area contributed by atoms with Gasteiger partial charge in [-0.15, -0.1) is 0 Å². The van der Waals surface area contributed by atoms with E-state index in [0.717, 1.165) is 24.5 Å². The Kier molecular flexibility index (Phi) is 7.07. The molecule has 0 aliphatic heterocycles. The fraction of sp³-hybridized carbons (Fsp3) is 0.611. The molecule has 0 heterocycles. The van der Waals surface area contributed by atoms with Crippen LogP contribution >= 0.6 is 0 Å². The molecule has 1 aromatic carbocycles. The second kappa shape index (κ2) is 9.34. The summed E-state index contributed by atoms with van der Waals surface area (Å²) in [4.78, 5) is 11.8. The summed E-state index contributed by atoms with van der Waals surface area (Å²) in [7, 11) is 1.64. The maximum atomic E-state index is 11.8. The molecule has 0 saturated heterocycles. The Hall–Kier alpha value is -1.71. The maximum Gasteiger partial charge on any atom is 0.220 e. The molecule has 1 aromatic rings. The molecule has 0 radical (unpaired) electrons. The van der Waals surface area contributed by atoms with Gasteiger partial charge in [0, 0.05) is 13.0 Å². The summed E-state index contributed by atoms with van der Waals surface area (Å²) in [6, 6.07) is 7.49. The van der Waals surface area contributed by atoms with Gasteiger partial charge in [-0.1, -0.05) is 19.3 Å². The molecule has 1 amide bonds. The van der Waals surface area contributed by atoms with Crippen LogP contribution in [0.25, 0.3) is 0 Å². The van der Waals surface area contributed by atoms with Gasteiger partial charge in [0.2, 0.25) is 5.91 Å². The Labute approximate surface area is 133 Å². The molecule has 1 aliphatic carbocycles. The average molecular weight is 305 g/mol. The van der Waals surface area contributed by atoms with Crippen molar-refractivity contribution >= 4 is 5.91 Å². The lowest BCUT2D eigenvalue weighted by Gasteiger charge is -2.21. The van der Waals surface area contributed by atoms with E-state index in [4.69, 9.17) is 9.47 Å². The molecule has 1 N–H and O–H groups in total. The van der Waals surface area contributed by atoms with Gasteiger partial charge in [0.15, 0.2) is 0 Å². The summed E-state index contributed by atoms with van der Waals surface area (Å²) in [5.74, 6) is 2.45. The number of methoxy groups -OCH3 is 1. The van der Waals surface area contributed by atoms with Crippen LogP contribution in [-0.4, -0.2) is 26.2 Å². The van der Waals surface area contributed by atoms with Crippen molar-refractivity contribution < 1.29 is 14.3 Å². The van der Waals surface area contributed by atoms with E-state index in [-0.39, 0.29) is 5.91 Å². The number of carbonyl (C=O) groups is 1. The largest absolute Gasteiger partial charge is 0.497 e. The second-order valence-corrected chi connectivity index (χ2v) is 5.94. The van der Waals surface area contributed by atoms with E-state index in [1.807, 2.05) is 24.3 Å². The highest BCUT2D eigenvalue weighted by Gasteiger charge is 2.13. The molecular weight excluding hydrogens is 278 g/mol. The first-order chi connectivity index (χ1) is 10.8. The quantitative estimate of drug-likeness (QED) is 0.747. The first-order valence-corrected chi connectivity index (χ1v) is 8.31. The van der Waals surface area contributed by atoms with E-state index < -0.39 is 0 Å². The smallest absolute Gasteiger partial charge is 0.220 e. The minimum Gasteiger partial charge on any atom is -0.497 e. The Morgan fingerprint density at radius 2 is 1.82 bits per heavy atom. The second-order valence-electron chi connectivity index (χ2n) is 5.94. The van der Waals surface area contributed by atoms with Crippen molar-refractivity contribution in [3.05, 3.63) is 24.3 Å². The zero-order chi connectivity index (χ0) is 15.6. The highest BCUT2D eigenvalue weighted by atomic mass is 16.5. The number of benzene rings is 1. The number of amides is 1. The van der Waals surface area contributed by atoms with Gasteiger partial charge in [-0.3, -0.25) is 4.79 Å². The van der Waals surface area contributed by atoms with E-state index in [2.05, 4.69) is 5.32 Å². The summed E-state index contributed by atoms with van der Waals surface area (Å²) in [5.41, 5.74) is 0. The Bertz CT molecular complexity index is 438. The molecule has 4 heteroatoms. The van der Waals surface area contributed by atoms with E-state index in [1.54, 1.807) is 7.11 Å². The predicted octanol–water partition coefficient (Wildman–Crippen LogP) is 3.55. The minimum absolute atomic E-state index is 0.143. The molecule has 0 spiro atoms. The van der Waals surface area contributed by atoms with Crippen LogP contribution in [0, 0.1) is 5.92 Å². The lowest BCUT2D eigenvalue weighted by atomic mass is 9.89. The van der Waals surface area contributed by atoms with Crippen LogP contribution in [0.2, 0.25) is 0 Å². The van der Waals surface area contributed by atoms with Crippen molar-refractivity contribution in [2.45, 2.75) is 44.9 Å².